The first-order valence-corrected chi connectivity index (χ1v) is 10.5. The number of benzene rings is 2. The first kappa shape index (κ1) is 25.3. The predicted octanol–water partition coefficient (Wildman–Crippen LogP) is 6.31. The Balaban J connectivity index is 1.99. The summed E-state index contributed by atoms with van der Waals surface area (Å²) in [6.07, 6.45) is -3.77. The van der Waals surface area contributed by atoms with Gasteiger partial charge in [0, 0.05) is 10.4 Å². The maximum atomic E-state index is 15.1. The lowest BCUT2D eigenvalue weighted by atomic mass is 10.0. The Bertz CT molecular complexity index is 1220. The number of quaternary nitrogens is 1. The highest BCUT2D eigenvalue weighted by atomic mass is 79.9. The molecule has 0 aliphatic carbocycles. The second kappa shape index (κ2) is 9.50. The molecule has 0 fully saturated rings. The monoisotopic (exact) mass is 569 g/mol. The summed E-state index contributed by atoms with van der Waals surface area (Å²) in [5, 5.41) is 10.3. The summed E-state index contributed by atoms with van der Waals surface area (Å²) in [6.45, 7) is 0. The van der Waals surface area contributed by atoms with E-state index in [1.165, 1.54) is 18.3 Å². The lowest BCUT2D eigenvalue weighted by Crippen LogP contribution is -2.44. The van der Waals surface area contributed by atoms with E-state index in [-0.39, 0.29) is 11.0 Å². The molecular weight excluding hydrogens is 559 g/mol. The SMILES string of the molecule is O=C(c1cccc(N[N+](O)(S)c2c(F)cccc2C(F)(F)F)c1F)C(Br)c1ccnc(Cl)n1. The van der Waals surface area contributed by atoms with Crippen LogP contribution in [-0.2, 0) is 6.18 Å². The molecule has 0 saturated carbocycles. The molecule has 2 unspecified atom stereocenters. The minimum absolute atomic E-state index is 0.125. The Morgan fingerprint density at radius 1 is 1.18 bits per heavy atom. The molecule has 1 heterocycles. The Morgan fingerprint density at radius 3 is 2.48 bits per heavy atom. The van der Waals surface area contributed by atoms with Gasteiger partial charge in [-0.2, -0.15) is 23.8 Å². The topological polar surface area (TPSA) is 75.1 Å². The number of alkyl halides is 4. The largest absolute Gasteiger partial charge is 0.422 e. The van der Waals surface area contributed by atoms with Crippen LogP contribution in [0.25, 0.3) is 0 Å². The van der Waals surface area contributed by atoms with Gasteiger partial charge in [0.25, 0.3) is 5.69 Å². The van der Waals surface area contributed by atoms with Crippen LogP contribution >= 0.6 is 40.3 Å². The number of carbonyl (C=O) groups excluding carboxylic acids is 1. The molecule has 2 N–H and O–H groups in total. The molecule has 0 amide bonds. The van der Waals surface area contributed by atoms with Crippen molar-refractivity contribution in [3.05, 3.63) is 82.4 Å². The number of ketones is 1. The summed E-state index contributed by atoms with van der Waals surface area (Å²) in [7, 11) is 0. The van der Waals surface area contributed by atoms with E-state index in [4.69, 9.17) is 11.6 Å². The molecule has 0 saturated heterocycles. The first-order chi connectivity index (χ1) is 15.3. The number of rotatable bonds is 6. The van der Waals surface area contributed by atoms with Gasteiger partial charge in [0.1, 0.15) is 28.9 Å². The van der Waals surface area contributed by atoms with Gasteiger partial charge in [0.05, 0.1) is 11.3 Å². The van der Waals surface area contributed by atoms with E-state index in [1.54, 1.807) is 0 Å². The minimum atomic E-state index is -5.05. The molecular formula is C19H12BrClF5N4O2S+. The fraction of sp³-hybridized carbons (Fsp3) is 0.105. The second-order valence-electron chi connectivity index (χ2n) is 6.49. The average Bonchev–Trinajstić information content (AvgIpc) is 2.73. The molecule has 0 aliphatic rings. The van der Waals surface area contributed by atoms with Gasteiger partial charge in [0.15, 0.2) is 17.4 Å². The number of nitrogens with zero attached hydrogens (tertiary/aromatic N) is 3. The molecule has 3 rings (SSSR count). The van der Waals surface area contributed by atoms with Gasteiger partial charge >= 0.3 is 6.18 Å². The number of thiol groups is 1. The molecule has 14 heteroatoms. The van der Waals surface area contributed by atoms with Crippen molar-refractivity contribution in [2.45, 2.75) is 11.0 Å². The number of nitrogens with one attached hydrogen (secondary N) is 1. The van der Waals surface area contributed by atoms with Gasteiger partial charge in [-0.05, 0) is 41.9 Å². The summed E-state index contributed by atoms with van der Waals surface area (Å²) in [4.78, 5) is 19.2. The van der Waals surface area contributed by atoms with Crippen LogP contribution in [0.4, 0.5) is 33.3 Å². The number of anilines is 1. The number of halogens is 7. The number of hydrogen-bond acceptors (Lipinski definition) is 6. The van der Waals surface area contributed by atoms with Gasteiger partial charge in [0.2, 0.25) is 5.28 Å². The smallest absolute Gasteiger partial charge is 0.292 e. The molecule has 33 heavy (non-hydrogen) atoms. The highest BCUT2D eigenvalue weighted by Gasteiger charge is 2.45. The van der Waals surface area contributed by atoms with Gasteiger partial charge in [-0.1, -0.05) is 28.1 Å². The fourth-order valence-corrected chi connectivity index (χ4v) is 3.82. The third kappa shape index (κ3) is 5.44. The van der Waals surface area contributed by atoms with Crippen molar-refractivity contribution < 1.29 is 32.0 Å². The van der Waals surface area contributed by atoms with E-state index in [0.29, 0.717) is 12.1 Å². The van der Waals surface area contributed by atoms with Crippen LogP contribution in [0, 0.1) is 11.6 Å². The summed E-state index contributed by atoms with van der Waals surface area (Å²) in [6, 6.07) is 6.68. The van der Waals surface area contributed by atoms with Crippen molar-refractivity contribution in [2.75, 3.05) is 5.43 Å². The number of para-hydroxylation sites is 1. The number of carbonyl (C=O) groups is 1. The molecule has 2 atom stereocenters. The van der Waals surface area contributed by atoms with Crippen LogP contribution in [0.1, 0.15) is 26.4 Å². The summed E-state index contributed by atoms with van der Waals surface area (Å²) in [5.74, 6) is -3.51. The summed E-state index contributed by atoms with van der Waals surface area (Å²) >= 11 is 12.4. The normalized spacial score (nSPS) is 14.5. The molecule has 2 aromatic carbocycles. The molecule has 0 aliphatic heterocycles. The van der Waals surface area contributed by atoms with Gasteiger partial charge < -0.3 is 0 Å². The van der Waals surface area contributed by atoms with Crippen molar-refractivity contribution in [3.8, 4) is 0 Å². The maximum Gasteiger partial charge on any atom is 0.422 e. The fourth-order valence-electron chi connectivity index (χ4n) is 2.85. The minimum Gasteiger partial charge on any atom is -0.292 e. The second-order valence-corrected chi connectivity index (χ2v) is 8.32. The molecule has 174 valence electrons. The van der Waals surface area contributed by atoms with Gasteiger partial charge in [-0.3, -0.25) is 4.79 Å². The van der Waals surface area contributed by atoms with Crippen LogP contribution < -0.4 is 9.59 Å². The Kier molecular flexibility index (Phi) is 7.29. The zero-order valence-corrected chi connectivity index (χ0v) is 19.2. The van der Waals surface area contributed by atoms with Crippen LogP contribution in [0.15, 0.2) is 48.7 Å². The maximum absolute atomic E-state index is 15.1. The van der Waals surface area contributed by atoms with Crippen molar-refractivity contribution in [1.29, 1.82) is 0 Å². The van der Waals surface area contributed by atoms with E-state index in [1.807, 2.05) is 5.43 Å². The molecule has 0 spiro atoms. The highest BCUT2D eigenvalue weighted by Crippen LogP contribution is 2.41. The summed E-state index contributed by atoms with van der Waals surface area (Å²) < 4.78 is 67.2. The van der Waals surface area contributed by atoms with Crippen LogP contribution in [-0.4, -0.2) is 21.0 Å². The van der Waals surface area contributed by atoms with E-state index in [2.05, 4.69) is 38.7 Å². The average molecular weight is 571 g/mol. The standard InChI is InChI=1S/C19H12BrClF5N4O2S/c20-14(12-7-8-27-18(21)28-12)17(31)9-3-1-6-13(15(9)23)29-30(32,33)16-10(19(24,25)26)4-2-5-11(16)22/h1-8,14,29,32-33H/q+1. The van der Waals surface area contributed by atoms with Crippen molar-refractivity contribution >= 4 is 57.5 Å². The van der Waals surface area contributed by atoms with E-state index in [0.717, 1.165) is 18.2 Å². The van der Waals surface area contributed by atoms with Gasteiger partial charge in [-0.25, -0.2) is 18.7 Å². The Hall–Kier alpha value is -2.32. The van der Waals surface area contributed by atoms with Crippen LogP contribution in [0.5, 0.6) is 0 Å². The zero-order chi connectivity index (χ0) is 24.6. The third-order valence-electron chi connectivity index (χ3n) is 4.28. The molecule has 1 aromatic heterocycles. The van der Waals surface area contributed by atoms with E-state index in [9.17, 15) is 27.6 Å². The Morgan fingerprint density at radius 2 is 1.85 bits per heavy atom. The van der Waals surface area contributed by atoms with Crippen molar-refractivity contribution in [1.82, 2.24) is 14.1 Å². The van der Waals surface area contributed by atoms with E-state index < -0.39 is 55.1 Å². The molecule has 0 radical (unpaired) electrons. The van der Waals surface area contributed by atoms with Gasteiger partial charge in [-0.15, -0.1) is 0 Å². The molecule has 0 bridgehead atoms. The number of Topliss-reactive ketones (excluding diaryl/α,β-unsaturated/α-hetero) is 1. The van der Waals surface area contributed by atoms with Crippen LogP contribution in [0.3, 0.4) is 0 Å². The number of hydrogen-bond donors (Lipinski definition) is 3. The van der Waals surface area contributed by atoms with Crippen molar-refractivity contribution in [3.63, 3.8) is 0 Å². The quantitative estimate of drug-likeness (QED) is 0.0616. The highest BCUT2D eigenvalue weighted by molar-refractivity contribution is 9.09. The Labute approximate surface area is 202 Å². The lowest BCUT2D eigenvalue weighted by molar-refractivity contribution is -0.139. The summed E-state index contributed by atoms with van der Waals surface area (Å²) in [5.41, 5.74) is -1.90. The molecule has 6 nitrogen and oxygen atoms in total. The lowest BCUT2D eigenvalue weighted by Gasteiger charge is -2.26. The van der Waals surface area contributed by atoms with Crippen LogP contribution in [0.2, 0.25) is 5.28 Å². The zero-order valence-electron chi connectivity index (χ0n) is 16.0. The predicted molar refractivity (Wildman–Crippen MR) is 117 cm³/mol. The third-order valence-corrected chi connectivity index (χ3v) is 5.65. The first-order valence-electron chi connectivity index (χ1n) is 8.77. The van der Waals surface area contributed by atoms with E-state index >= 15 is 4.39 Å². The number of aromatic nitrogens is 2. The molecule has 3 aromatic rings. The van der Waals surface area contributed by atoms with Crippen molar-refractivity contribution in [2.24, 2.45) is 0 Å².